The normalized spacial score (nSPS) is 9.44. The summed E-state index contributed by atoms with van der Waals surface area (Å²) in [7, 11) is 1.28. The second kappa shape index (κ2) is 12.4. The third kappa shape index (κ3) is 20.4. The van der Waals surface area contributed by atoms with Crippen LogP contribution in [0.3, 0.4) is 0 Å². The number of hydrogen-bond acceptors (Lipinski definition) is 3. The molecule has 0 aromatic rings. The average Bonchev–Trinajstić information content (AvgIpc) is 2.26. The molecule has 0 spiro atoms. The van der Waals surface area contributed by atoms with Gasteiger partial charge in [0.25, 0.3) is 0 Å². The van der Waals surface area contributed by atoms with Crippen LogP contribution in [0.4, 0.5) is 0 Å². The van der Waals surface area contributed by atoms with Crippen LogP contribution in [0.2, 0.25) is 0 Å². The van der Waals surface area contributed by atoms with Gasteiger partial charge in [0.05, 0.1) is 7.11 Å². The number of methoxy groups -OCH3 is 1. The first-order chi connectivity index (χ1) is 8.11. The van der Waals surface area contributed by atoms with Crippen molar-refractivity contribution < 1.29 is 14.3 Å². The van der Waals surface area contributed by atoms with E-state index in [1.54, 1.807) is 20.8 Å². The van der Waals surface area contributed by atoms with E-state index in [0.717, 1.165) is 5.92 Å². The van der Waals surface area contributed by atoms with Gasteiger partial charge in [-0.25, -0.2) is 0 Å². The molecule has 0 fully saturated rings. The third-order valence-electron chi connectivity index (χ3n) is 1.30. The van der Waals surface area contributed by atoms with Gasteiger partial charge < -0.3 is 10.1 Å². The van der Waals surface area contributed by atoms with Crippen molar-refractivity contribution in [1.82, 2.24) is 5.32 Å². The van der Waals surface area contributed by atoms with Crippen molar-refractivity contribution in [1.29, 1.82) is 0 Å². The first-order valence-corrected chi connectivity index (χ1v) is 6.46. The van der Waals surface area contributed by atoms with Crippen LogP contribution >= 0.6 is 0 Å². The van der Waals surface area contributed by atoms with Gasteiger partial charge in [-0.1, -0.05) is 55.4 Å². The molecule has 0 aromatic carbocycles. The minimum absolute atomic E-state index is 0.0629. The molecule has 0 unspecified atom stereocenters. The summed E-state index contributed by atoms with van der Waals surface area (Å²) in [6, 6.07) is 0. The summed E-state index contributed by atoms with van der Waals surface area (Å²) in [6.45, 7) is 15.8. The number of carbonyl (C=O) groups is 2. The Hall–Kier alpha value is -1.06. The number of carbonyl (C=O) groups excluding carboxylic acids is 2. The van der Waals surface area contributed by atoms with Gasteiger partial charge in [0, 0.05) is 5.41 Å². The Bertz CT molecular complexity index is 215. The minimum Gasteiger partial charge on any atom is -0.468 e. The molecule has 4 heteroatoms. The van der Waals surface area contributed by atoms with Crippen molar-refractivity contribution in [3.05, 3.63) is 0 Å². The molecule has 1 amide bonds. The molecule has 0 heterocycles. The molecule has 110 valence electrons. The Balaban J connectivity index is -0.000000317. The van der Waals surface area contributed by atoms with Gasteiger partial charge in [0.2, 0.25) is 5.91 Å². The second-order valence-corrected chi connectivity index (χ2v) is 5.24. The highest BCUT2D eigenvalue weighted by atomic mass is 16.5. The summed E-state index contributed by atoms with van der Waals surface area (Å²) in [6.07, 6.45) is 0. The molecule has 0 bridgehead atoms. The van der Waals surface area contributed by atoms with Gasteiger partial charge in [-0.3, -0.25) is 9.59 Å². The van der Waals surface area contributed by atoms with E-state index in [1.165, 1.54) is 7.11 Å². The molecule has 0 aromatic heterocycles. The predicted molar refractivity (Wildman–Crippen MR) is 76.3 cm³/mol. The van der Waals surface area contributed by atoms with Crippen LogP contribution in [-0.2, 0) is 14.3 Å². The first-order valence-electron chi connectivity index (χ1n) is 6.46. The van der Waals surface area contributed by atoms with Crippen molar-refractivity contribution >= 4 is 11.9 Å². The van der Waals surface area contributed by atoms with Gasteiger partial charge in [-0.15, -0.1) is 0 Å². The molecule has 0 saturated heterocycles. The molecule has 18 heavy (non-hydrogen) atoms. The molecular formula is C14H31NO3. The average molecular weight is 261 g/mol. The monoisotopic (exact) mass is 261 g/mol. The highest BCUT2D eigenvalue weighted by molar-refractivity contribution is 5.85. The SMILES string of the molecule is CC.CC(C)C.COC(=O)CNC(=O)C(C)(C)C. The zero-order valence-corrected chi connectivity index (χ0v) is 13.5. The van der Waals surface area contributed by atoms with E-state index in [1.807, 2.05) is 13.8 Å². The lowest BCUT2D eigenvalue weighted by Gasteiger charge is -2.16. The van der Waals surface area contributed by atoms with Crippen molar-refractivity contribution in [3.8, 4) is 0 Å². The molecule has 0 rings (SSSR count). The summed E-state index contributed by atoms with van der Waals surface area (Å²) < 4.78 is 4.36. The zero-order chi connectivity index (χ0) is 15.4. The molecular weight excluding hydrogens is 230 g/mol. The Kier molecular flexibility index (Phi) is 15.3. The number of hydrogen-bond donors (Lipinski definition) is 1. The number of rotatable bonds is 2. The second-order valence-electron chi connectivity index (χ2n) is 5.24. The van der Waals surface area contributed by atoms with Gasteiger partial charge in [0.1, 0.15) is 6.54 Å². The lowest BCUT2D eigenvalue weighted by molar-refractivity contribution is -0.142. The summed E-state index contributed by atoms with van der Waals surface area (Å²) in [4.78, 5) is 21.8. The van der Waals surface area contributed by atoms with Crippen molar-refractivity contribution in [2.45, 2.75) is 55.4 Å². The van der Waals surface area contributed by atoms with Crippen LogP contribution in [0.25, 0.3) is 0 Å². The van der Waals surface area contributed by atoms with E-state index in [9.17, 15) is 9.59 Å². The van der Waals surface area contributed by atoms with E-state index >= 15 is 0 Å². The van der Waals surface area contributed by atoms with Crippen LogP contribution in [0, 0.1) is 11.3 Å². The Morgan fingerprint density at radius 2 is 1.44 bits per heavy atom. The third-order valence-corrected chi connectivity index (χ3v) is 1.30. The molecule has 0 aliphatic carbocycles. The van der Waals surface area contributed by atoms with Crippen LogP contribution in [-0.4, -0.2) is 25.5 Å². The largest absolute Gasteiger partial charge is 0.468 e. The smallest absolute Gasteiger partial charge is 0.325 e. The molecule has 0 aliphatic heterocycles. The molecule has 0 aliphatic rings. The van der Waals surface area contributed by atoms with Gasteiger partial charge in [-0.2, -0.15) is 0 Å². The van der Waals surface area contributed by atoms with Gasteiger partial charge in [-0.05, 0) is 5.92 Å². The molecule has 1 N–H and O–H groups in total. The van der Waals surface area contributed by atoms with E-state index < -0.39 is 11.4 Å². The van der Waals surface area contributed by atoms with Crippen LogP contribution in [0.5, 0.6) is 0 Å². The highest BCUT2D eigenvalue weighted by Crippen LogP contribution is 2.11. The first kappa shape index (κ1) is 22.1. The fraction of sp³-hybridized carbons (Fsp3) is 0.857. The van der Waals surface area contributed by atoms with E-state index in [0.29, 0.717) is 0 Å². The van der Waals surface area contributed by atoms with E-state index in [2.05, 4.69) is 30.8 Å². The van der Waals surface area contributed by atoms with Crippen LogP contribution < -0.4 is 5.32 Å². The number of ether oxygens (including phenoxy) is 1. The number of amides is 1. The maximum Gasteiger partial charge on any atom is 0.325 e. The Labute approximate surface area is 112 Å². The number of nitrogens with one attached hydrogen (secondary N) is 1. The van der Waals surface area contributed by atoms with E-state index in [4.69, 9.17) is 0 Å². The lowest BCUT2D eigenvalue weighted by atomic mass is 9.96. The Morgan fingerprint density at radius 3 is 1.67 bits per heavy atom. The van der Waals surface area contributed by atoms with Crippen LogP contribution in [0.1, 0.15) is 55.4 Å². The summed E-state index contributed by atoms with van der Waals surface area (Å²) >= 11 is 0. The summed E-state index contributed by atoms with van der Waals surface area (Å²) in [5, 5.41) is 2.46. The maximum atomic E-state index is 11.2. The predicted octanol–water partition coefficient (Wildman–Crippen LogP) is 3.01. The van der Waals surface area contributed by atoms with E-state index in [-0.39, 0.29) is 12.5 Å². The highest BCUT2D eigenvalue weighted by Gasteiger charge is 2.21. The maximum absolute atomic E-state index is 11.2. The van der Waals surface area contributed by atoms with Crippen molar-refractivity contribution in [2.24, 2.45) is 11.3 Å². The standard InChI is InChI=1S/C8H15NO3.C4H10.C2H6/c1-8(2,3)7(11)9-5-6(10)12-4;1-4(2)3;1-2/h5H2,1-4H3,(H,9,11);4H,1-3H3;1-2H3. The topological polar surface area (TPSA) is 55.4 Å². The number of esters is 1. The molecule has 0 radical (unpaired) electrons. The van der Waals surface area contributed by atoms with Crippen molar-refractivity contribution in [3.63, 3.8) is 0 Å². The molecule has 4 nitrogen and oxygen atoms in total. The Morgan fingerprint density at radius 1 is 1.11 bits per heavy atom. The minimum atomic E-state index is -0.464. The molecule has 0 saturated carbocycles. The van der Waals surface area contributed by atoms with Crippen LogP contribution in [0.15, 0.2) is 0 Å². The lowest BCUT2D eigenvalue weighted by Crippen LogP contribution is -2.38. The summed E-state index contributed by atoms with van der Waals surface area (Å²) in [5.41, 5.74) is -0.464. The molecule has 0 atom stereocenters. The quantitative estimate of drug-likeness (QED) is 0.777. The summed E-state index contributed by atoms with van der Waals surface area (Å²) in [5.74, 6) is 0.237. The van der Waals surface area contributed by atoms with Gasteiger partial charge >= 0.3 is 5.97 Å². The zero-order valence-electron chi connectivity index (χ0n) is 13.5. The fourth-order valence-electron chi connectivity index (χ4n) is 0.490. The van der Waals surface area contributed by atoms with Crippen molar-refractivity contribution in [2.75, 3.05) is 13.7 Å². The van der Waals surface area contributed by atoms with Gasteiger partial charge in [0.15, 0.2) is 0 Å². The fourth-order valence-corrected chi connectivity index (χ4v) is 0.490.